The maximum absolute atomic E-state index is 11.9. The van der Waals surface area contributed by atoms with Crippen LogP contribution in [0, 0.1) is 0 Å². The lowest BCUT2D eigenvalue weighted by Gasteiger charge is -2.10. The van der Waals surface area contributed by atoms with Crippen LogP contribution in [0.15, 0.2) is 70.2 Å². The highest BCUT2D eigenvalue weighted by Crippen LogP contribution is 2.28. The predicted molar refractivity (Wildman–Crippen MR) is 116 cm³/mol. The number of hydrogen-bond donors (Lipinski definition) is 1. The summed E-state index contributed by atoms with van der Waals surface area (Å²) in [4.78, 5) is 11.9. The second kappa shape index (κ2) is 9.94. The van der Waals surface area contributed by atoms with Gasteiger partial charge in [0.2, 0.25) is 0 Å². The van der Waals surface area contributed by atoms with Gasteiger partial charge in [0.1, 0.15) is 17.3 Å². The maximum atomic E-state index is 11.9. The molecule has 1 aromatic heterocycles. The highest BCUT2D eigenvalue weighted by Gasteiger charge is 2.08. The first-order chi connectivity index (χ1) is 14.1. The number of rotatable bonds is 8. The lowest BCUT2D eigenvalue weighted by molar-refractivity contribution is -0.123. The zero-order valence-corrected chi connectivity index (χ0v) is 17.1. The number of furan rings is 1. The summed E-state index contributed by atoms with van der Waals surface area (Å²) in [7, 11) is 0. The SMILES string of the molecule is CC[C@H](C)c1ccc(OCC(=O)N/N=C/c2ccc(-c3ccccc3Cl)o2)cc1. The molecule has 1 atom stereocenters. The van der Waals surface area contributed by atoms with E-state index < -0.39 is 0 Å². The molecular weight excluding hydrogens is 388 g/mol. The van der Waals surface area contributed by atoms with E-state index in [0.29, 0.717) is 28.2 Å². The van der Waals surface area contributed by atoms with Crippen LogP contribution in [0.3, 0.4) is 0 Å². The lowest BCUT2D eigenvalue weighted by atomic mass is 9.99. The Kier molecular flexibility index (Phi) is 7.09. The van der Waals surface area contributed by atoms with Gasteiger partial charge in [-0.3, -0.25) is 4.79 Å². The van der Waals surface area contributed by atoms with E-state index in [-0.39, 0.29) is 12.5 Å². The molecule has 0 aliphatic rings. The van der Waals surface area contributed by atoms with Crippen molar-refractivity contribution in [2.45, 2.75) is 26.2 Å². The molecule has 1 amide bonds. The van der Waals surface area contributed by atoms with Crippen LogP contribution in [0.4, 0.5) is 0 Å². The van der Waals surface area contributed by atoms with E-state index in [1.165, 1.54) is 11.8 Å². The van der Waals surface area contributed by atoms with E-state index in [4.69, 9.17) is 20.8 Å². The number of nitrogens with one attached hydrogen (secondary N) is 1. The van der Waals surface area contributed by atoms with Gasteiger partial charge in [-0.05, 0) is 54.3 Å². The van der Waals surface area contributed by atoms with Crippen LogP contribution in [0.25, 0.3) is 11.3 Å². The number of hydrogen-bond acceptors (Lipinski definition) is 4. The highest BCUT2D eigenvalue weighted by atomic mass is 35.5. The van der Waals surface area contributed by atoms with Crippen molar-refractivity contribution in [1.29, 1.82) is 0 Å². The Morgan fingerprint density at radius 3 is 2.66 bits per heavy atom. The highest BCUT2D eigenvalue weighted by molar-refractivity contribution is 6.33. The third kappa shape index (κ3) is 5.72. The predicted octanol–water partition coefficient (Wildman–Crippen LogP) is 5.64. The molecule has 6 heteroatoms. The van der Waals surface area contributed by atoms with Crippen LogP contribution >= 0.6 is 11.6 Å². The van der Waals surface area contributed by atoms with Gasteiger partial charge in [-0.15, -0.1) is 0 Å². The molecular formula is C23H23ClN2O3. The average molecular weight is 411 g/mol. The minimum atomic E-state index is -0.356. The normalized spacial score (nSPS) is 12.1. The number of hydrazone groups is 1. The van der Waals surface area contributed by atoms with Crippen LogP contribution in [-0.4, -0.2) is 18.7 Å². The number of halogens is 1. The number of carbonyl (C=O) groups excluding carboxylic acids is 1. The van der Waals surface area contributed by atoms with E-state index in [1.54, 1.807) is 18.2 Å². The van der Waals surface area contributed by atoms with Crippen molar-refractivity contribution < 1.29 is 13.9 Å². The first-order valence-electron chi connectivity index (χ1n) is 9.46. The van der Waals surface area contributed by atoms with Gasteiger partial charge in [-0.25, -0.2) is 5.43 Å². The average Bonchev–Trinajstić information content (AvgIpc) is 3.21. The molecule has 0 bridgehead atoms. The number of carbonyl (C=O) groups is 1. The quantitative estimate of drug-likeness (QED) is 0.386. The van der Waals surface area contributed by atoms with Crippen molar-refractivity contribution in [3.8, 4) is 17.1 Å². The van der Waals surface area contributed by atoms with Gasteiger partial charge in [0.15, 0.2) is 6.61 Å². The second-order valence-corrected chi connectivity index (χ2v) is 7.05. The summed E-state index contributed by atoms with van der Waals surface area (Å²) >= 11 is 6.17. The van der Waals surface area contributed by atoms with Crippen LogP contribution in [-0.2, 0) is 4.79 Å². The van der Waals surface area contributed by atoms with E-state index in [1.807, 2.05) is 42.5 Å². The molecule has 2 aromatic carbocycles. The van der Waals surface area contributed by atoms with Crippen molar-refractivity contribution >= 4 is 23.7 Å². The first kappa shape index (κ1) is 20.7. The Balaban J connectivity index is 1.48. The lowest BCUT2D eigenvalue weighted by Crippen LogP contribution is -2.24. The van der Waals surface area contributed by atoms with Crippen molar-refractivity contribution in [2.24, 2.45) is 5.10 Å². The second-order valence-electron chi connectivity index (χ2n) is 6.64. The molecule has 1 N–H and O–H groups in total. The molecule has 150 valence electrons. The van der Waals surface area contributed by atoms with Crippen LogP contribution in [0.2, 0.25) is 5.02 Å². The van der Waals surface area contributed by atoms with E-state index in [9.17, 15) is 4.79 Å². The molecule has 0 aliphatic heterocycles. The smallest absolute Gasteiger partial charge is 0.277 e. The van der Waals surface area contributed by atoms with Gasteiger partial charge in [-0.1, -0.05) is 49.7 Å². The number of nitrogens with zero attached hydrogens (tertiary/aromatic N) is 1. The van der Waals surface area contributed by atoms with Gasteiger partial charge in [-0.2, -0.15) is 5.10 Å². The summed E-state index contributed by atoms with van der Waals surface area (Å²) in [5, 5.41) is 4.50. The van der Waals surface area contributed by atoms with E-state index >= 15 is 0 Å². The Hall–Kier alpha value is -3.05. The molecule has 5 nitrogen and oxygen atoms in total. The fourth-order valence-electron chi connectivity index (χ4n) is 2.71. The Labute approximate surface area is 175 Å². The van der Waals surface area contributed by atoms with Crippen molar-refractivity contribution in [1.82, 2.24) is 5.43 Å². The molecule has 0 fully saturated rings. The summed E-state index contributed by atoms with van der Waals surface area (Å²) in [6.45, 7) is 4.21. The van der Waals surface area contributed by atoms with Crippen molar-refractivity contribution in [3.63, 3.8) is 0 Å². The number of ether oxygens (including phenoxy) is 1. The van der Waals surface area contributed by atoms with Gasteiger partial charge in [0.25, 0.3) is 5.91 Å². The number of benzene rings is 2. The molecule has 0 unspecified atom stereocenters. The third-order valence-corrected chi connectivity index (χ3v) is 4.91. The Morgan fingerprint density at radius 1 is 1.17 bits per heavy atom. The van der Waals surface area contributed by atoms with Gasteiger partial charge in [0.05, 0.1) is 11.2 Å². The fourth-order valence-corrected chi connectivity index (χ4v) is 2.93. The summed E-state index contributed by atoms with van der Waals surface area (Å²) in [5.41, 5.74) is 4.47. The third-order valence-electron chi connectivity index (χ3n) is 4.58. The molecule has 1 heterocycles. The molecule has 0 aliphatic carbocycles. The minimum absolute atomic E-state index is 0.122. The molecule has 0 saturated carbocycles. The monoisotopic (exact) mass is 410 g/mol. The fraction of sp³-hybridized carbons (Fsp3) is 0.217. The van der Waals surface area contributed by atoms with Crippen molar-refractivity contribution in [3.05, 3.63) is 77.0 Å². The van der Waals surface area contributed by atoms with Gasteiger partial charge in [0, 0.05) is 5.56 Å². The molecule has 3 aromatic rings. The molecule has 3 rings (SSSR count). The molecule has 0 spiro atoms. The molecule has 29 heavy (non-hydrogen) atoms. The summed E-state index contributed by atoms with van der Waals surface area (Å²) in [5.74, 6) is 1.92. The van der Waals surface area contributed by atoms with Crippen LogP contribution in [0.1, 0.15) is 37.5 Å². The first-order valence-corrected chi connectivity index (χ1v) is 9.84. The summed E-state index contributed by atoms with van der Waals surface area (Å²) in [6.07, 6.45) is 2.51. The van der Waals surface area contributed by atoms with Crippen LogP contribution in [0.5, 0.6) is 5.75 Å². The number of amides is 1. The van der Waals surface area contributed by atoms with E-state index in [2.05, 4.69) is 24.4 Å². The molecule has 0 saturated heterocycles. The zero-order chi connectivity index (χ0) is 20.6. The molecule has 0 radical (unpaired) electrons. The topological polar surface area (TPSA) is 63.8 Å². The zero-order valence-electron chi connectivity index (χ0n) is 16.4. The van der Waals surface area contributed by atoms with Crippen LogP contribution < -0.4 is 10.2 Å². The van der Waals surface area contributed by atoms with E-state index in [0.717, 1.165) is 12.0 Å². The Bertz CT molecular complexity index is 980. The Morgan fingerprint density at radius 2 is 1.93 bits per heavy atom. The van der Waals surface area contributed by atoms with Gasteiger partial charge >= 0.3 is 0 Å². The maximum Gasteiger partial charge on any atom is 0.277 e. The van der Waals surface area contributed by atoms with Gasteiger partial charge < -0.3 is 9.15 Å². The van der Waals surface area contributed by atoms with Crippen molar-refractivity contribution in [2.75, 3.05) is 6.61 Å². The minimum Gasteiger partial charge on any atom is -0.484 e. The largest absolute Gasteiger partial charge is 0.484 e. The standard InChI is InChI=1S/C23H23ClN2O3/c1-3-16(2)17-8-10-18(11-9-17)28-15-23(27)26-25-14-19-12-13-22(29-19)20-6-4-5-7-21(20)24/h4-14,16H,3,15H2,1-2H3,(H,26,27)/b25-14+/t16-/m0/s1. The summed E-state index contributed by atoms with van der Waals surface area (Å²) in [6, 6.07) is 18.8. The summed E-state index contributed by atoms with van der Waals surface area (Å²) < 4.78 is 11.2.